The number of hydrogen-bond donors (Lipinski definition) is 0. The zero-order valence-corrected chi connectivity index (χ0v) is 33.4. The summed E-state index contributed by atoms with van der Waals surface area (Å²) < 4.78 is 18.4. The van der Waals surface area contributed by atoms with Crippen molar-refractivity contribution in [1.29, 1.82) is 0 Å². The van der Waals surface area contributed by atoms with Gasteiger partial charge in [-0.3, -0.25) is 0 Å². The predicted molar refractivity (Wildman–Crippen MR) is 250 cm³/mol. The second-order valence-electron chi connectivity index (χ2n) is 15.7. The van der Waals surface area contributed by atoms with Crippen LogP contribution in [0.25, 0.3) is 134 Å². The third-order valence-corrected chi connectivity index (χ3v) is 11.8. The summed E-state index contributed by atoms with van der Waals surface area (Å²) in [7, 11) is 0. The monoisotopic (exact) mass is 809 g/mol. The molecule has 0 aliphatic carbocycles. The number of benzene rings is 9. The minimum Gasteiger partial charge on any atom is -0.456 e. The fourth-order valence-electron chi connectivity index (χ4n) is 8.51. The Kier molecular flexibility index (Phi) is 7.74. The molecule has 0 saturated heterocycles. The molecule has 8 heteroatoms. The molecule has 8 nitrogen and oxygen atoms in total. The lowest BCUT2D eigenvalue weighted by atomic mass is 10.0. The summed E-state index contributed by atoms with van der Waals surface area (Å²) in [5.74, 6) is 2.84. The molecule has 0 spiro atoms. The summed E-state index contributed by atoms with van der Waals surface area (Å²) in [6, 6.07) is 63.5. The highest BCUT2D eigenvalue weighted by molar-refractivity contribution is 6.06. The molecule has 0 N–H and O–H groups in total. The quantitative estimate of drug-likeness (QED) is 0.164. The molecule has 0 fully saturated rings. The fraction of sp³-hybridized carbons (Fsp3) is 0. The van der Waals surface area contributed by atoms with Gasteiger partial charge in [0.25, 0.3) is 0 Å². The van der Waals surface area contributed by atoms with Gasteiger partial charge in [0, 0.05) is 38.6 Å². The average molecular weight is 810 g/mol. The third kappa shape index (κ3) is 6.11. The van der Waals surface area contributed by atoms with Gasteiger partial charge in [0.05, 0.1) is 0 Å². The van der Waals surface area contributed by atoms with Gasteiger partial charge in [-0.1, -0.05) is 109 Å². The molecule has 0 amide bonds. The van der Waals surface area contributed by atoms with E-state index in [9.17, 15) is 0 Å². The number of furan rings is 1. The minimum absolute atomic E-state index is 0.561. The number of oxazole rings is 2. The van der Waals surface area contributed by atoms with Crippen LogP contribution >= 0.6 is 0 Å². The van der Waals surface area contributed by atoms with Crippen molar-refractivity contribution in [3.8, 4) is 68.2 Å². The third-order valence-electron chi connectivity index (χ3n) is 11.8. The van der Waals surface area contributed by atoms with Crippen LogP contribution in [-0.4, -0.2) is 24.9 Å². The van der Waals surface area contributed by atoms with Gasteiger partial charge in [0.2, 0.25) is 11.8 Å². The van der Waals surface area contributed by atoms with Crippen LogP contribution in [0.1, 0.15) is 0 Å². The molecular formula is C55H31N5O3. The van der Waals surface area contributed by atoms with Gasteiger partial charge >= 0.3 is 0 Å². The fourth-order valence-corrected chi connectivity index (χ4v) is 8.51. The zero-order valence-electron chi connectivity index (χ0n) is 33.4. The minimum atomic E-state index is 0.561. The standard InChI is InChI=1S/C55H31N5O3/c1-4-10-47-43(7-1)44-31-36(25-26-48(44)61-47)32-13-19-35(20-14-32)51-58-52(37-21-15-33-17-23-39(29-41(33)27-37)54-56-45-8-2-5-11-49(45)62-54)60-53(59-51)38-22-16-34-18-24-40(30-42(34)28-38)55-57-46-9-3-6-12-50(46)63-55/h1-31H. The lowest BCUT2D eigenvalue weighted by molar-refractivity contribution is 0.619. The number of nitrogens with zero attached hydrogens (tertiary/aromatic N) is 5. The van der Waals surface area contributed by atoms with Crippen LogP contribution in [-0.2, 0) is 0 Å². The van der Waals surface area contributed by atoms with Crippen molar-refractivity contribution in [1.82, 2.24) is 24.9 Å². The van der Waals surface area contributed by atoms with Gasteiger partial charge in [-0.05, 0) is 112 Å². The molecule has 0 aliphatic rings. The van der Waals surface area contributed by atoms with E-state index in [1.165, 1.54) is 0 Å². The summed E-state index contributed by atoms with van der Waals surface area (Å²) in [4.78, 5) is 24.9. The topological polar surface area (TPSA) is 104 Å². The van der Waals surface area contributed by atoms with Gasteiger partial charge in [0.15, 0.2) is 28.6 Å². The van der Waals surface area contributed by atoms with E-state index in [-0.39, 0.29) is 0 Å². The largest absolute Gasteiger partial charge is 0.456 e. The first kappa shape index (κ1) is 35.0. The van der Waals surface area contributed by atoms with Crippen LogP contribution in [0.2, 0.25) is 0 Å². The van der Waals surface area contributed by atoms with Crippen molar-refractivity contribution in [3.63, 3.8) is 0 Å². The number of hydrogen-bond acceptors (Lipinski definition) is 8. The highest BCUT2D eigenvalue weighted by Crippen LogP contribution is 2.36. The van der Waals surface area contributed by atoms with E-state index in [1.54, 1.807) is 0 Å². The Morgan fingerprint density at radius 1 is 0.254 bits per heavy atom. The molecule has 294 valence electrons. The van der Waals surface area contributed by atoms with E-state index < -0.39 is 0 Å². The molecule has 0 bridgehead atoms. The van der Waals surface area contributed by atoms with Crippen molar-refractivity contribution in [3.05, 3.63) is 188 Å². The van der Waals surface area contributed by atoms with Gasteiger partial charge in [0.1, 0.15) is 22.2 Å². The SMILES string of the molecule is c1ccc2oc(-c3ccc4ccc(-c5nc(-c6ccc(-c7ccc8oc9ccccc9c8c7)cc6)nc(-c6ccc7ccc(-c8nc9ccccc9o8)cc7c6)n5)cc4c3)nc2c1. The average Bonchev–Trinajstić information content (AvgIpc) is 4.09. The Morgan fingerprint density at radius 2 is 0.683 bits per heavy atom. The number of aromatic nitrogens is 5. The van der Waals surface area contributed by atoms with E-state index in [1.807, 2.05) is 84.9 Å². The molecule has 13 aromatic rings. The van der Waals surface area contributed by atoms with Gasteiger partial charge in [-0.25, -0.2) is 24.9 Å². The number of fused-ring (bicyclic) bond motifs is 7. The van der Waals surface area contributed by atoms with Crippen LogP contribution in [0.15, 0.2) is 201 Å². The van der Waals surface area contributed by atoms with Gasteiger partial charge in [-0.2, -0.15) is 0 Å². The molecule has 0 aliphatic heterocycles. The molecule has 4 heterocycles. The normalized spacial score (nSPS) is 11.8. The highest BCUT2D eigenvalue weighted by Gasteiger charge is 2.17. The number of para-hydroxylation sites is 5. The maximum atomic E-state index is 6.14. The Morgan fingerprint density at radius 3 is 1.25 bits per heavy atom. The summed E-state index contributed by atoms with van der Waals surface area (Å²) in [6.07, 6.45) is 0. The first-order valence-corrected chi connectivity index (χ1v) is 20.7. The summed E-state index contributed by atoms with van der Waals surface area (Å²) >= 11 is 0. The zero-order chi connectivity index (χ0) is 41.4. The summed E-state index contributed by atoms with van der Waals surface area (Å²) in [5, 5.41) is 6.37. The summed E-state index contributed by atoms with van der Waals surface area (Å²) in [5.41, 5.74) is 11.4. The first-order valence-electron chi connectivity index (χ1n) is 20.7. The molecule has 0 saturated carbocycles. The maximum Gasteiger partial charge on any atom is 0.227 e. The smallest absolute Gasteiger partial charge is 0.227 e. The lowest BCUT2D eigenvalue weighted by Gasteiger charge is -2.11. The Bertz CT molecular complexity index is 3700. The lowest BCUT2D eigenvalue weighted by Crippen LogP contribution is -2.00. The second kappa shape index (κ2) is 13.9. The van der Waals surface area contributed by atoms with Crippen LogP contribution in [0, 0.1) is 0 Å². The van der Waals surface area contributed by atoms with Crippen LogP contribution < -0.4 is 0 Å². The van der Waals surface area contributed by atoms with Crippen LogP contribution in [0.4, 0.5) is 0 Å². The second-order valence-corrected chi connectivity index (χ2v) is 15.7. The predicted octanol–water partition coefficient (Wildman–Crippen LogP) is 14.4. The molecule has 0 unspecified atom stereocenters. The Hall–Kier alpha value is -8.75. The van der Waals surface area contributed by atoms with Gasteiger partial charge < -0.3 is 13.3 Å². The Labute approximate surface area is 358 Å². The maximum absolute atomic E-state index is 6.14. The molecule has 9 aromatic carbocycles. The van der Waals surface area contributed by atoms with E-state index in [0.717, 1.165) is 105 Å². The molecule has 13 rings (SSSR count). The van der Waals surface area contributed by atoms with Crippen molar-refractivity contribution in [2.45, 2.75) is 0 Å². The van der Waals surface area contributed by atoms with Crippen molar-refractivity contribution < 1.29 is 13.3 Å². The van der Waals surface area contributed by atoms with Crippen molar-refractivity contribution in [2.24, 2.45) is 0 Å². The van der Waals surface area contributed by atoms with E-state index >= 15 is 0 Å². The molecule has 4 aromatic heterocycles. The van der Waals surface area contributed by atoms with E-state index in [4.69, 9.17) is 38.2 Å². The van der Waals surface area contributed by atoms with Crippen LogP contribution in [0.3, 0.4) is 0 Å². The molecule has 0 radical (unpaired) electrons. The molecule has 63 heavy (non-hydrogen) atoms. The molecular weight excluding hydrogens is 779 g/mol. The van der Waals surface area contributed by atoms with E-state index in [0.29, 0.717) is 29.3 Å². The Balaban J connectivity index is 0.921. The van der Waals surface area contributed by atoms with Crippen molar-refractivity contribution in [2.75, 3.05) is 0 Å². The van der Waals surface area contributed by atoms with E-state index in [2.05, 4.69) is 103 Å². The first-order chi connectivity index (χ1) is 31.1. The summed E-state index contributed by atoms with van der Waals surface area (Å²) in [6.45, 7) is 0. The highest BCUT2D eigenvalue weighted by atomic mass is 16.4. The number of rotatable bonds is 6. The molecule has 0 atom stereocenters. The van der Waals surface area contributed by atoms with Crippen molar-refractivity contribution >= 4 is 65.7 Å². The van der Waals surface area contributed by atoms with Gasteiger partial charge in [-0.15, -0.1) is 0 Å². The van der Waals surface area contributed by atoms with Crippen LogP contribution in [0.5, 0.6) is 0 Å².